The molecule has 0 radical (unpaired) electrons. The minimum absolute atomic E-state index is 0.429. The van der Waals surface area contributed by atoms with Crippen LogP contribution in [0.3, 0.4) is 0 Å². The molecule has 0 bridgehead atoms. The van der Waals surface area contributed by atoms with Crippen LogP contribution in [0.2, 0.25) is 0 Å². The Kier molecular flexibility index (Phi) is 4.85. The molecule has 2 saturated heterocycles. The van der Waals surface area contributed by atoms with E-state index in [0.29, 0.717) is 30.4 Å². The number of nitrogens with zero attached hydrogens (tertiary/aromatic N) is 5. The normalized spacial score (nSPS) is 19.3. The van der Waals surface area contributed by atoms with Crippen LogP contribution in [0.1, 0.15) is 17.7 Å². The average Bonchev–Trinajstić information content (AvgIpc) is 3.34. The highest BCUT2D eigenvalue weighted by Crippen LogP contribution is 2.26. The zero-order valence-electron chi connectivity index (χ0n) is 14.8. The molecule has 0 spiro atoms. The summed E-state index contributed by atoms with van der Waals surface area (Å²) < 4.78 is 27.4. The number of rotatable bonds is 4. The molecule has 0 N–H and O–H groups in total. The zero-order chi connectivity index (χ0) is 18.1. The first-order valence-corrected chi connectivity index (χ1v) is 11.2. The van der Waals surface area contributed by atoms with E-state index in [0.717, 1.165) is 29.6 Å². The summed E-state index contributed by atoms with van der Waals surface area (Å²) in [4.78, 5) is 5.37. The first-order valence-electron chi connectivity index (χ1n) is 8.94. The minimum atomic E-state index is -3.38. The van der Waals surface area contributed by atoms with Gasteiger partial charge in [0.15, 0.2) is 11.6 Å². The molecule has 26 heavy (non-hydrogen) atoms. The van der Waals surface area contributed by atoms with Crippen LogP contribution in [-0.2, 0) is 10.0 Å². The van der Waals surface area contributed by atoms with E-state index in [9.17, 15) is 8.42 Å². The van der Waals surface area contributed by atoms with Crippen molar-refractivity contribution in [3.8, 4) is 0 Å². The standard InChI is InChI=1S/C17H23N5O2S2/c1-14-4-7-17(25-14)26(23,24)22-12-10-21(11-13-22)16-6-5-15(18-19-16)20-8-2-3-9-20/h4-7H,2-3,8-13H2,1H3. The highest BCUT2D eigenvalue weighted by atomic mass is 32.2. The van der Waals surface area contributed by atoms with Gasteiger partial charge in [0.25, 0.3) is 10.0 Å². The van der Waals surface area contributed by atoms with Gasteiger partial charge in [0.1, 0.15) is 4.21 Å². The Morgan fingerprint density at radius 1 is 0.846 bits per heavy atom. The predicted molar refractivity (Wildman–Crippen MR) is 104 cm³/mol. The van der Waals surface area contributed by atoms with Gasteiger partial charge < -0.3 is 9.80 Å². The number of thiophene rings is 1. The van der Waals surface area contributed by atoms with Crippen molar-refractivity contribution in [1.82, 2.24) is 14.5 Å². The van der Waals surface area contributed by atoms with Crippen molar-refractivity contribution >= 4 is 33.0 Å². The minimum Gasteiger partial charge on any atom is -0.355 e. The van der Waals surface area contributed by atoms with Gasteiger partial charge in [0, 0.05) is 44.1 Å². The van der Waals surface area contributed by atoms with E-state index >= 15 is 0 Å². The molecule has 140 valence electrons. The molecule has 0 unspecified atom stereocenters. The molecule has 2 fully saturated rings. The largest absolute Gasteiger partial charge is 0.355 e. The molecular weight excluding hydrogens is 370 g/mol. The fourth-order valence-electron chi connectivity index (χ4n) is 3.44. The van der Waals surface area contributed by atoms with Crippen LogP contribution in [-0.4, -0.2) is 62.2 Å². The van der Waals surface area contributed by atoms with Crippen molar-refractivity contribution in [3.63, 3.8) is 0 Å². The van der Waals surface area contributed by atoms with Crippen molar-refractivity contribution < 1.29 is 8.42 Å². The van der Waals surface area contributed by atoms with E-state index in [-0.39, 0.29) is 0 Å². The molecule has 0 saturated carbocycles. The maximum Gasteiger partial charge on any atom is 0.252 e. The van der Waals surface area contributed by atoms with E-state index < -0.39 is 10.0 Å². The van der Waals surface area contributed by atoms with Gasteiger partial charge in [-0.1, -0.05) is 0 Å². The Labute approximate surface area is 158 Å². The number of sulfonamides is 1. The predicted octanol–water partition coefficient (Wildman–Crippen LogP) is 1.96. The van der Waals surface area contributed by atoms with Gasteiger partial charge in [0.2, 0.25) is 0 Å². The smallest absolute Gasteiger partial charge is 0.252 e. The summed E-state index contributed by atoms with van der Waals surface area (Å²) in [5, 5.41) is 8.72. The van der Waals surface area contributed by atoms with Crippen LogP contribution in [0, 0.1) is 6.92 Å². The number of anilines is 2. The van der Waals surface area contributed by atoms with Crippen LogP contribution in [0.25, 0.3) is 0 Å². The highest BCUT2D eigenvalue weighted by Gasteiger charge is 2.30. The topological polar surface area (TPSA) is 69.6 Å². The summed E-state index contributed by atoms with van der Waals surface area (Å²) in [6.45, 7) is 6.21. The van der Waals surface area contributed by atoms with Crippen molar-refractivity contribution in [2.45, 2.75) is 24.0 Å². The number of piperazine rings is 1. The molecule has 9 heteroatoms. The number of hydrogen-bond donors (Lipinski definition) is 0. The van der Waals surface area contributed by atoms with E-state index in [2.05, 4.69) is 20.0 Å². The second-order valence-corrected chi connectivity index (χ2v) is 10.2. The molecule has 0 amide bonds. The molecule has 4 heterocycles. The summed E-state index contributed by atoms with van der Waals surface area (Å²) in [7, 11) is -3.38. The van der Waals surface area contributed by atoms with Crippen molar-refractivity contribution in [3.05, 3.63) is 29.1 Å². The molecular formula is C17H23N5O2S2. The van der Waals surface area contributed by atoms with E-state index in [1.54, 1.807) is 10.4 Å². The summed E-state index contributed by atoms with van der Waals surface area (Å²) in [5.41, 5.74) is 0. The second kappa shape index (κ2) is 7.13. The third-order valence-corrected chi connectivity index (χ3v) is 8.31. The van der Waals surface area contributed by atoms with E-state index in [1.165, 1.54) is 24.2 Å². The quantitative estimate of drug-likeness (QED) is 0.791. The van der Waals surface area contributed by atoms with Crippen molar-refractivity contribution in [2.24, 2.45) is 0 Å². The maximum absolute atomic E-state index is 12.7. The van der Waals surface area contributed by atoms with Gasteiger partial charge in [-0.2, -0.15) is 4.31 Å². The summed E-state index contributed by atoms with van der Waals surface area (Å²) in [5.74, 6) is 1.75. The third kappa shape index (κ3) is 3.43. The lowest BCUT2D eigenvalue weighted by Gasteiger charge is -2.34. The van der Waals surface area contributed by atoms with Gasteiger partial charge in [-0.15, -0.1) is 21.5 Å². The molecule has 2 aromatic heterocycles. The SMILES string of the molecule is Cc1ccc(S(=O)(=O)N2CCN(c3ccc(N4CCCC4)nn3)CC2)s1. The first kappa shape index (κ1) is 17.7. The van der Waals surface area contributed by atoms with Crippen LogP contribution < -0.4 is 9.80 Å². The molecule has 0 atom stereocenters. The lowest BCUT2D eigenvalue weighted by molar-refractivity contribution is 0.384. The molecule has 2 aliphatic heterocycles. The third-order valence-electron chi connectivity index (χ3n) is 4.94. The van der Waals surface area contributed by atoms with Crippen LogP contribution in [0.15, 0.2) is 28.5 Å². The molecule has 4 rings (SSSR count). The molecule has 0 aliphatic carbocycles. The first-order chi connectivity index (χ1) is 12.5. The van der Waals surface area contributed by atoms with Crippen LogP contribution in [0.4, 0.5) is 11.6 Å². The zero-order valence-corrected chi connectivity index (χ0v) is 16.5. The van der Waals surface area contributed by atoms with Crippen LogP contribution in [0.5, 0.6) is 0 Å². The van der Waals surface area contributed by atoms with Crippen molar-refractivity contribution in [1.29, 1.82) is 0 Å². The Hall–Kier alpha value is -1.71. The van der Waals surface area contributed by atoms with Gasteiger partial charge >= 0.3 is 0 Å². The fraction of sp³-hybridized carbons (Fsp3) is 0.529. The Balaban J connectivity index is 1.40. The molecule has 0 aromatic carbocycles. The Bertz CT molecular complexity index is 852. The molecule has 2 aliphatic rings. The van der Waals surface area contributed by atoms with Gasteiger partial charge in [-0.05, 0) is 44.0 Å². The van der Waals surface area contributed by atoms with Crippen molar-refractivity contribution in [2.75, 3.05) is 49.1 Å². The number of aryl methyl sites for hydroxylation is 1. The summed E-state index contributed by atoms with van der Waals surface area (Å²) in [6, 6.07) is 7.56. The molecule has 7 nitrogen and oxygen atoms in total. The number of aromatic nitrogens is 2. The Morgan fingerprint density at radius 2 is 1.42 bits per heavy atom. The summed E-state index contributed by atoms with van der Waals surface area (Å²) in [6.07, 6.45) is 2.42. The lowest BCUT2D eigenvalue weighted by Crippen LogP contribution is -2.48. The monoisotopic (exact) mass is 393 g/mol. The van der Waals surface area contributed by atoms with Crippen LogP contribution >= 0.6 is 11.3 Å². The fourth-order valence-corrected chi connectivity index (χ4v) is 6.30. The average molecular weight is 394 g/mol. The lowest BCUT2D eigenvalue weighted by atomic mass is 10.3. The van der Waals surface area contributed by atoms with Gasteiger partial charge in [0.05, 0.1) is 0 Å². The highest BCUT2D eigenvalue weighted by molar-refractivity contribution is 7.91. The number of hydrogen-bond acceptors (Lipinski definition) is 7. The van der Waals surface area contributed by atoms with E-state index in [1.807, 2.05) is 25.1 Å². The van der Waals surface area contributed by atoms with Gasteiger partial charge in [-0.25, -0.2) is 8.42 Å². The Morgan fingerprint density at radius 3 is 1.92 bits per heavy atom. The van der Waals surface area contributed by atoms with E-state index in [4.69, 9.17) is 0 Å². The second-order valence-electron chi connectivity index (χ2n) is 6.70. The maximum atomic E-state index is 12.7. The van der Waals surface area contributed by atoms with Gasteiger partial charge in [-0.3, -0.25) is 0 Å². The summed E-state index contributed by atoms with van der Waals surface area (Å²) >= 11 is 1.33. The molecule has 2 aromatic rings.